The SMILES string of the molecule is C=CC[C@@](C)(C(=O)O)c1ccc(Cl)c(Cl)c1. The molecular formula is C12H12Cl2O2. The summed E-state index contributed by atoms with van der Waals surface area (Å²) in [6, 6.07) is 4.86. The highest BCUT2D eigenvalue weighted by Crippen LogP contribution is 2.33. The summed E-state index contributed by atoms with van der Waals surface area (Å²) in [6.45, 7) is 5.21. The lowest BCUT2D eigenvalue weighted by Crippen LogP contribution is -2.31. The maximum Gasteiger partial charge on any atom is 0.314 e. The molecule has 0 aromatic heterocycles. The zero-order valence-electron chi connectivity index (χ0n) is 8.84. The molecule has 0 saturated heterocycles. The lowest BCUT2D eigenvalue weighted by molar-refractivity contribution is -0.143. The highest BCUT2D eigenvalue weighted by molar-refractivity contribution is 6.42. The molecule has 16 heavy (non-hydrogen) atoms. The van der Waals surface area contributed by atoms with Gasteiger partial charge in [0.25, 0.3) is 0 Å². The number of carboxylic acid groups (broad SMARTS) is 1. The predicted octanol–water partition coefficient (Wildman–Crippen LogP) is 3.91. The van der Waals surface area contributed by atoms with E-state index < -0.39 is 11.4 Å². The number of hydrogen-bond donors (Lipinski definition) is 1. The van der Waals surface area contributed by atoms with Crippen molar-refractivity contribution in [2.24, 2.45) is 0 Å². The fraction of sp³-hybridized carbons (Fsp3) is 0.250. The Bertz CT molecular complexity index is 429. The molecule has 0 unspecified atom stereocenters. The molecule has 0 heterocycles. The van der Waals surface area contributed by atoms with E-state index in [2.05, 4.69) is 6.58 Å². The van der Waals surface area contributed by atoms with Gasteiger partial charge in [0, 0.05) is 0 Å². The first-order valence-electron chi connectivity index (χ1n) is 4.71. The van der Waals surface area contributed by atoms with E-state index in [1.807, 2.05) is 0 Å². The smallest absolute Gasteiger partial charge is 0.314 e. The molecule has 2 nitrogen and oxygen atoms in total. The lowest BCUT2D eigenvalue weighted by atomic mass is 9.79. The summed E-state index contributed by atoms with van der Waals surface area (Å²) >= 11 is 11.7. The highest BCUT2D eigenvalue weighted by atomic mass is 35.5. The van der Waals surface area contributed by atoms with Gasteiger partial charge in [-0.3, -0.25) is 4.79 Å². The number of aliphatic carboxylic acids is 1. The molecule has 1 N–H and O–H groups in total. The van der Waals surface area contributed by atoms with Crippen molar-refractivity contribution in [2.75, 3.05) is 0 Å². The van der Waals surface area contributed by atoms with Crippen LogP contribution in [0.5, 0.6) is 0 Å². The standard InChI is InChI=1S/C12H12Cl2O2/c1-3-6-12(2,11(15)16)8-4-5-9(13)10(14)7-8/h3-5,7H,1,6H2,2H3,(H,15,16)/t12-/m1/s1. The van der Waals surface area contributed by atoms with Gasteiger partial charge >= 0.3 is 5.97 Å². The summed E-state index contributed by atoms with van der Waals surface area (Å²) in [4.78, 5) is 11.3. The van der Waals surface area contributed by atoms with Crippen LogP contribution in [0.4, 0.5) is 0 Å². The Kier molecular flexibility index (Phi) is 4.00. The van der Waals surface area contributed by atoms with Crippen molar-refractivity contribution in [1.29, 1.82) is 0 Å². The van der Waals surface area contributed by atoms with Gasteiger partial charge in [-0.15, -0.1) is 6.58 Å². The van der Waals surface area contributed by atoms with Crippen molar-refractivity contribution in [3.63, 3.8) is 0 Å². The molecule has 0 aliphatic carbocycles. The Morgan fingerprint density at radius 1 is 1.50 bits per heavy atom. The van der Waals surface area contributed by atoms with Crippen LogP contribution in [0.2, 0.25) is 10.0 Å². The molecule has 0 amide bonds. The van der Waals surface area contributed by atoms with Crippen molar-refractivity contribution < 1.29 is 9.90 Å². The molecule has 86 valence electrons. The Labute approximate surface area is 104 Å². The summed E-state index contributed by atoms with van der Waals surface area (Å²) in [5.41, 5.74) is -0.398. The van der Waals surface area contributed by atoms with Crippen molar-refractivity contribution in [1.82, 2.24) is 0 Å². The maximum atomic E-state index is 11.3. The van der Waals surface area contributed by atoms with E-state index in [0.29, 0.717) is 22.0 Å². The summed E-state index contributed by atoms with van der Waals surface area (Å²) < 4.78 is 0. The third-order valence-corrected chi connectivity index (χ3v) is 3.32. The molecule has 0 bridgehead atoms. The molecule has 0 spiro atoms. The van der Waals surface area contributed by atoms with Gasteiger partial charge < -0.3 is 5.11 Å². The van der Waals surface area contributed by atoms with Crippen LogP contribution in [0.15, 0.2) is 30.9 Å². The van der Waals surface area contributed by atoms with Crippen LogP contribution in [0, 0.1) is 0 Å². The normalized spacial score (nSPS) is 14.2. The van der Waals surface area contributed by atoms with Crippen molar-refractivity contribution in [3.8, 4) is 0 Å². The quantitative estimate of drug-likeness (QED) is 0.832. The fourth-order valence-electron chi connectivity index (χ4n) is 1.46. The molecule has 0 fully saturated rings. The molecule has 4 heteroatoms. The third-order valence-electron chi connectivity index (χ3n) is 2.58. The van der Waals surface area contributed by atoms with Crippen LogP contribution in [0.3, 0.4) is 0 Å². The number of carboxylic acids is 1. The largest absolute Gasteiger partial charge is 0.481 e. The van der Waals surface area contributed by atoms with Crippen LogP contribution in [0.1, 0.15) is 18.9 Å². The van der Waals surface area contributed by atoms with E-state index in [1.54, 1.807) is 31.2 Å². The topological polar surface area (TPSA) is 37.3 Å². The molecule has 0 radical (unpaired) electrons. The summed E-state index contributed by atoms with van der Waals surface area (Å²) in [6.07, 6.45) is 1.91. The lowest BCUT2D eigenvalue weighted by Gasteiger charge is -2.24. The number of carbonyl (C=O) groups is 1. The van der Waals surface area contributed by atoms with E-state index in [9.17, 15) is 9.90 Å². The zero-order chi connectivity index (χ0) is 12.3. The van der Waals surface area contributed by atoms with Gasteiger partial charge in [0.05, 0.1) is 15.5 Å². The minimum absolute atomic E-state index is 0.334. The van der Waals surface area contributed by atoms with E-state index >= 15 is 0 Å². The summed E-state index contributed by atoms with van der Waals surface area (Å²) in [5, 5.41) is 10.0. The Morgan fingerprint density at radius 2 is 2.12 bits per heavy atom. The van der Waals surface area contributed by atoms with Crippen LogP contribution in [-0.2, 0) is 10.2 Å². The molecule has 1 aromatic rings. The van der Waals surface area contributed by atoms with Gasteiger partial charge in [0.1, 0.15) is 0 Å². The number of allylic oxidation sites excluding steroid dienone is 1. The van der Waals surface area contributed by atoms with Crippen molar-refractivity contribution >= 4 is 29.2 Å². The van der Waals surface area contributed by atoms with Gasteiger partial charge in [-0.25, -0.2) is 0 Å². The van der Waals surface area contributed by atoms with Crippen LogP contribution in [-0.4, -0.2) is 11.1 Å². The van der Waals surface area contributed by atoms with E-state index in [1.165, 1.54) is 0 Å². The van der Waals surface area contributed by atoms with Crippen molar-refractivity contribution in [3.05, 3.63) is 46.5 Å². The summed E-state index contributed by atoms with van der Waals surface area (Å²) in [7, 11) is 0. The second-order valence-corrected chi connectivity index (χ2v) is 4.57. The van der Waals surface area contributed by atoms with Gasteiger partial charge in [-0.2, -0.15) is 0 Å². The first-order valence-corrected chi connectivity index (χ1v) is 5.47. The second kappa shape index (κ2) is 4.89. The minimum atomic E-state index is -1.02. The van der Waals surface area contributed by atoms with Crippen LogP contribution in [0.25, 0.3) is 0 Å². The molecule has 1 aromatic carbocycles. The van der Waals surface area contributed by atoms with Gasteiger partial charge in [-0.05, 0) is 31.0 Å². The Morgan fingerprint density at radius 3 is 2.56 bits per heavy atom. The van der Waals surface area contributed by atoms with Gasteiger partial charge in [-0.1, -0.05) is 35.3 Å². The number of benzene rings is 1. The fourth-order valence-corrected chi connectivity index (χ4v) is 1.75. The Hall–Kier alpha value is -0.990. The monoisotopic (exact) mass is 258 g/mol. The van der Waals surface area contributed by atoms with E-state index in [0.717, 1.165) is 0 Å². The number of hydrogen-bond acceptors (Lipinski definition) is 1. The number of halogens is 2. The van der Waals surface area contributed by atoms with E-state index in [4.69, 9.17) is 23.2 Å². The molecule has 0 saturated carbocycles. The predicted molar refractivity (Wildman–Crippen MR) is 66.3 cm³/mol. The maximum absolute atomic E-state index is 11.3. The molecular weight excluding hydrogens is 247 g/mol. The Balaban J connectivity index is 3.26. The molecule has 0 aliphatic heterocycles. The first kappa shape index (κ1) is 13.1. The number of rotatable bonds is 4. The van der Waals surface area contributed by atoms with Gasteiger partial charge in [0.15, 0.2) is 0 Å². The highest BCUT2D eigenvalue weighted by Gasteiger charge is 2.34. The zero-order valence-corrected chi connectivity index (χ0v) is 10.3. The average Bonchev–Trinajstić information content (AvgIpc) is 2.22. The summed E-state index contributed by atoms with van der Waals surface area (Å²) in [5.74, 6) is -0.911. The van der Waals surface area contributed by atoms with Gasteiger partial charge in [0.2, 0.25) is 0 Å². The minimum Gasteiger partial charge on any atom is -0.481 e. The third kappa shape index (κ3) is 2.39. The molecule has 1 rings (SSSR count). The molecule has 0 aliphatic rings. The molecule has 1 atom stereocenters. The van der Waals surface area contributed by atoms with Crippen LogP contribution >= 0.6 is 23.2 Å². The second-order valence-electron chi connectivity index (χ2n) is 3.76. The van der Waals surface area contributed by atoms with Crippen molar-refractivity contribution in [2.45, 2.75) is 18.8 Å². The first-order chi connectivity index (χ1) is 7.41. The van der Waals surface area contributed by atoms with E-state index in [-0.39, 0.29) is 0 Å². The average molecular weight is 259 g/mol. The van der Waals surface area contributed by atoms with Crippen LogP contribution < -0.4 is 0 Å².